The van der Waals surface area contributed by atoms with Crippen molar-refractivity contribution in [1.82, 2.24) is 24.2 Å². The molecule has 0 aliphatic carbocycles. The lowest BCUT2D eigenvalue weighted by Gasteiger charge is -2.34. The zero-order valence-corrected chi connectivity index (χ0v) is 22.4. The molecule has 1 saturated heterocycles. The Morgan fingerprint density at radius 3 is 2.46 bits per heavy atom. The number of hydrogen-bond acceptors (Lipinski definition) is 6. The van der Waals surface area contributed by atoms with E-state index in [1.54, 1.807) is 12.3 Å². The Morgan fingerprint density at radius 1 is 1.03 bits per heavy atom. The first-order valence-electron chi connectivity index (χ1n) is 12.6. The minimum absolute atomic E-state index is 0.164. The van der Waals surface area contributed by atoms with E-state index in [4.69, 9.17) is 4.42 Å². The van der Waals surface area contributed by atoms with Crippen LogP contribution in [0.25, 0.3) is 16.9 Å². The number of likely N-dealkylation sites (N-methyl/N-ethyl adjacent to an activating group) is 1. The number of hydrogen-bond donors (Lipinski definition) is 1. The number of furan rings is 1. The summed E-state index contributed by atoms with van der Waals surface area (Å²) in [6.07, 6.45) is 7.58. The van der Waals surface area contributed by atoms with Gasteiger partial charge in [-0.15, -0.1) is 0 Å². The van der Waals surface area contributed by atoms with E-state index >= 15 is 0 Å². The van der Waals surface area contributed by atoms with Crippen molar-refractivity contribution < 1.29 is 9.21 Å². The SMILES string of the molecule is Cc1ncc(NC(=O)c2ccc(C(C)(C)C)o2)cc1-n1cc(-c2cncc(N3CCN(C)CC3)c2)n1C. The summed E-state index contributed by atoms with van der Waals surface area (Å²) >= 11 is 0. The summed E-state index contributed by atoms with van der Waals surface area (Å²) in [6.45, 7) is 12.2. The Hall–Kier alpha value is -3.85. The number of nitrogens with one attached hydrogen (secondary N) is 1. The number of aromatic nitrogens is 4. The zero-order valence-electron chi connectivity index (χ0n) is 22.4. The Balaban J connectivity index is 1.34. The molecule has 194 valence electrons. The second-order valence-electron chi connectivity index (χ2n) is 10.8. The van der Waals surface area contributed by atoms with Crippen LogP contribution in [0.4, 0.5) is 11.4 Å². The van der Waals surface area contributed by atoms with E-state index in [2.05, 4.69) is 49.1 Å². The number of nitrogens with zero attached hydrogens (tertiary/aromatic N) is 6. The van der Waals surface area contributed by atoms with Gasteiger partial charge in [0.15, 0.2) is 5.76 Å². The van der Waals surface area contributed by atoms with Crippen molar-refractivity contribution in [3.05, 3.63) is 66.3 Å². The van der Waals surface area contributed by atoms with Crippen LogP contribution in [0.2, 0.25) is 0 Å². The molecule has 1 fully saturated rings. The quantitative estimate of drug-likeness (QED) is 0.434. The Bertz CT molecular complexity index is 1410. The van der Waals surface area contributed by atoms with E-state index < -0.39 is 0 Å². The van der Waals surface area contributed by atoms with Gasteiger partial charge in [-0.25, -0.2) is 0 Å². The van der Waals surface area contributed by atoms with E-state index in [1.807, 2.05) is 64.0 Å². The van der Waals surface area contributed by atoms with Crippen molar-refractivity contribution in [2.24, 2.45) is 7.05 Å². The minimum atomic E-state index is -0.299. The largest absolute Gasteiger partial charge is 0.455 e. The lowest BCUT2D eigenvalue weighted by molar-refractivity contribution is 0.0993. The number of aryl methyl sites for hydroxylation is 1. The second-order valence-corrected chi connectivity index (χ2v) is 10.8. The third-order valence-electron chi connectivity index (χ3n) is 6.94. The van der Waals surface area contributed by atoms with Gasteiger partial charge in [-0.1, -0.05) is 20.8 Å². The smallest absolute Gasteiger partial charge is 0.291 e. The molecule has 0 radical (unpaired) electrons. The van der Waals surface area contributed by atoms with Gasteiger partial charge in [0.1, 0.15) is 5.76 Å². The van der Waals surface area contributed by atoms with Crippen LogP contribution < -0.4 is 10.2 Å². The summed E-state index contributed by atoms with van der Waals surface area (Å²) in [7, 11) is 4.17. The van der Waals surface area contributed by atoms with Gasteiger partial charge in [-0.05, 0) is 38.2 Å². The maximum atomic E-state index is 12.8. The molecule has 9 heteroatoms. The lowest BCUT2D eigenvalue weighted by atomic mass is 9.94. The number of carbonyl (C=O) groups excluding carboxylic acids is 1. The molecule has 4 aromatic rings. The topological polar surface area (TPSA) is 84.4 Å². The van der Waals surface area contributed by atoms with Crippen LogP contribution >= 0.6 is 0 Å². The van der Waals surface area contributed by atoms with Crippen molar-refractivity contribution >= 4 is 17.3 Å². The van der Waals surface area contributed by atoms with Gasteiger partial charge in [0.2, 0.25) is 0 Å². The molecule has 0 unspecified atom stereocenters. The predicted octanol–water partition coefficient (Wildman–Crippen LogP) is 4.48. The first-order valence-corrected chi connectivity index (χ1v) is 12.6. The fourth-order valence-electron chi connectivity index (χ4n) is 4.52. The van der Waals surface area contributed by atoms with Crippen LogP contribution in [0.5, 0.6) is 0 Å². The van der Waals surface area contributed by atoms with E-state index in [9.17, 15) is 4.79 Å². The van der Waals surface area contributed by atoms with Gasteiger partial charge in [-0.2, -0.15) is 0 Å². The highest BCUT2D eigenvalue weighted by molar-refractivity contribution is 6.02. The number of piperazine rings is 1. The van der Waals surface area contributed by atoms with Gasteiger partial charge >= 0.3 is 0 Å². The molecule has 1 N–H and O–H groups in total. The van der Waals surface area contributed by atoms with Gasteiger partial charge in [0.25, 0.3) is 5.91 Å². The number of pyridine rings is 2. The van der Waals surface area contributed by atoms with Crippen molar-refractivity contribution in [2.45, 2.75) is 33.1 Å². The normalized spacial score (nSPS) is 14.8. The molecule has 4 aromatic heterocycles. The van der Waals surface area contributed by atoms with Crippen LogP contribution in [-0.2, 0) is 12.5 Å². The summed E-state index contributed by atoms with van der Waals surface area (Å²) in [5.74, 6) is 0.751. The molecule has 1 aliphatic heterocycles. The molecular formula is C28H35N7O2. The summed E-state index contributed by atoms with van der Waals surface area (Å²) in [4.78, 5) is 26.6. The third-order valence-corrected chi connectivity index (χ3v) is 6.94. The van der Waals surface area contributed by atoms with Gasteiger partial charge in [-0.3, -0.25) is 24.1 Å². The number of amides is 1. The summed E-state index contributed by atoms with van der Waals surface area (Å²) in [6, 6.07) is 7.69. The molecule has 9 nitrogen and oxygen atoms in total. The van der Waals surface area contributed by atoms with Crippen molar-refractivity contribution in [3.63, 3.8) is 0 Å². The van der Waals surface area contributed by atoms with E-state index in [0.717, 1.165) is 60.3 Å². The van der Waals surface area contributed by atoms with E-state index in [1.165, 1.54) is 0 Å². The monoisotopic (exact) mass is 501 g/mol. The fourth-order valence-corrected chi connectivity index (χ4v) is 4.52. The lowest BCUT2D eigenvalue weighted by Crippen LogP contribution is -2.44. The summed E-state index contributed by atoms with van der Waals surface area (Å²) < 4.78 is 9.88. The van der Waals surface area contributed by atoms with Crippen molar-refractivity contribution in [3.8, 4) is 16.9 Å². The molecule has 0 spiro atoms. The van der Waals surface area contributed by atoms with Crippen LogP contribution in [-0.4, -0.2) is 63.4 Å². The molecule has 5 heterocycles. The number of rotatable bonds is 5. The number of carbonyl (C=O) groups is 1. The highest BCUT2D eigenvalue weighted by atomic mass is 16.4. The molecule has 0 saturated carbocycles. The predicted molar refractivity (Wildman–Crippen MR) is 146 cm³/mol. The Labute approximate surface area is 217 Å². The van der Waals surface area contributed by atoms with Gasteiger partial charge in [0.05, 0.1) is 47.0 Å². The molecular weight excluding hydrogens is 466 g/mol. The first kappa shape index (κ1) is 24.8. The van der Waals surface area contributed by atoms with Crippen LogP contribution in [0, 0.1) is 6.92 Å². The van der Waals surface area contributed by atoms with Crippen LogP contribution in [0.3, 0.4) is 0 Å². The molecule has 1 aliphatic rings. The Morgan fingerprint density at radius 2 is 1.78 bits per heavy atom. The summed E-state index contributed by atoms with van der Waals surface area (Å²) in [5.41, 5.74) is 5.48. The van der Waals surface area contributed by atoms with Gasteiger partial charge < -0.3 is 19.5 Å². The number of anilines is 2. The molecule has 37 heavy (non-hydrogen) atoms. The third kappa shape index (κ3) is 5.04. The first-order chi connectivity index (χ1) is 17.6. The molecule has 0 atom stereocenters. The summed E-state index contributed by atoms with van der Waals surface area (Å²) in [5, 5.41) is 2.92. The Kier molecular flexibility index (Phi) is 6.41. The highest BCUT2D eigenvalue weighted by Crippen LogP contribution is 2.29. The standard InChI is InChI=1S/C28H35N7O2/c1-19-23(14-21(16-30-19)31-27(36)25-7-8-26(37-25)28(2,3)4)35-18-24(33(35)6)20-13-22(17-29-15-20)34-11-9-32(5)10-12-34/h7-8,13-18H,9-12H2,1-6H3,(H,31,36). The van der Waals surface area contributed by atoms with Crippen LogP contribution in [0.1, 0.15) is 42.8 Å². The van der Waals surface area contributed by atoms with E-state index in [-0.39, 0.29) is 17.1 Å². The molecule has 0 bridgehead atoms. The average molecular weight is 502 g/mol. The average Bonchev–Trinajstić information content (AvgIpc) is 3.37. The van der Waals surface area contributed by atoms with Crippen molar-refractivity contribution in [1.29, 1.82) is 0 Å². The maximum absolute atomic E-state index is 12.8. The highest BCUT2D eigenvalue weighted by Gasteiger charge is 2.22. The minimum Gasteiger partial charge on any atom is -0.455 e. The maximum Gasteiger partial charge on any atom is 0.291 e. The van der Waals surface area contributed by atoms with Crippen molar-refractivity contribution in [2.75, 3.05) is 43.4 Å². The molecule has 1 amide bonds. The van der Waals surface area contributed by atoms with Gasteiger partial charge in [0, 0.05) is 50.4 Å². The van der Waals surface area contributed by atoms with E-state index in [0.29, 0.717) is 5.69 Å². The zero-order chi connectivity index (χ0) is 26.3. The molecule has 5 rings (SSSR count). The fraction of sp³-hybridized carbons (Fsp3) is 0.393. The van der Waals surface area contributed by atoms with Crippen LogP contribution in [0.15, 0.2) is 53.5 Å². The second kappa shape index (κ2) is 9.55. The molecule has 0 aromatic carbocycles.